The number of carbonyl (C=O) groups excluding carboxylic acids is 1. The zero-order valence-electron chi connectivity index (χ0n) is 11.0. The summed E-state index contributed by atoms with van der Waals surface area (Å²) in [5.41, 5.74) is 6.48. The molecule has 0 atom stereocenters. The number of hydrogen-bond donors (Lipinski definition) is 2. The van der Waals surface area contributed by atoms with E-state index in [1.54, 1.807) is 12.4 Å². The van der Waals surface area contributed by atoms with Crippen molar-refractivity contribution in [3.05, 3.63) is 30.1 Å². The van der Waals surface area contributed by atoms with Gasteiger partial charge in [-0.15, -0.1) is 24.8 Å². The molecule has 1 amide bonds. The van der Waals surface area contributed by atoms with Gasteiger partial charge in [-0.05, 0) is 37.1 Å². The van der Waals surface area contributed by atoms with Crippen LogP contribution in [0.15, 0.2) is 24.5 Å². The van der Waals surface area contributed by atoms with Crippen molar-refractivity contribution in [2.75, 3.05) is 6.54 Å². The van der Waals surface area contributed by atoms with Crippen molar-refractivity contribution in [1.29, 1.82) is 0 Å². The first-order chi connectivity index (χ1) is 8.33. The fraction of sp³-hybridized carbons (Fsp3) is 0.538. The molecule has 6 heteroatoms. The highest BCUT2D eigenvalue weighted by Gasteiger charge is 2.00. The topological polar surface area (TPSA) is 68.0 Å². The van der Waals surface area contributed by atoms with Gasteiger partial charge in [-0.25, -0.2) is 0 Å². The second-order valence-electron chi connectivity index (χ2n) is 4.09. The predicted molar refractivity (Wildman–Crippen MR) is 82.7 cm³/mol. The molecule has 0 unspecified atom stereocenters. The molecule has 0 spiro atoms. The SMILES string of the molecule is Cl.Cl.NCCCCCCC(=O)NCc1ccncc1. The van der Waals surface area contributed by atoms with E-state index in [9.17, 15) is 4.79 Å². The van der Waals surface area contributed by atoms with Crippen molar-refractivity contribution in [3.63, 3.8) is 0 Å². The van der Waals surface area contributed by atoms with Gasteiger partial charge in [0.05, 0.1) is 0 Å². The Morgan fingerprint density at radius 1 is 1.11 bits per heavy atom. The molecule has 1 heterocycles. The number of nitrogens with two attached hydrogens (primary N) is 1. The average Bonchev–Trinajstić information content (AvgIpc) is 2.37. The van der Waals surface area contributed by atoms with E-state index in [-0.39, 0.29) is 30.7 Å². The molecule has 0 bridgehead atoms. The first kappa shape index (κ1) is 20.5. The maximum absolute atomic E-state index is 11.5. The third-order valence-corrected chi connectivity index (χ3v) is 2.60. The maximum Gasteiger partial charge on any atom is 0.220 e. The predicted octanol–water partition coefficient (Wildman–Crippen LogP) is 2.45. The van der Waals surface area contributed by atoms with Crippen LogP contribution >= 0.6 is 24.8 Å². The first-order valence-electron chi connectivity index (χ1n) is 6.18. The van der Waals surface area contributed by atoms with Crippen molar-refractivity contribution in [1.82, 2.24) is 10.3 Å². The lowest BCUT2D eigenvalue weighted by atomic mass is 10.1. The summed E-state index contributed by atoms with van der Waals surface area (Å²) in [4.78, 5) is 15.4. The van der Waals surface area contributed by atoms with E-state index in [2.05, 4.69) is 10.3 Å². The summed E-state index contributed by atoms with van der Waals surface area (Å²) in [7, 11) is 0. The Kier molecular flexibility index (Phi) is 14.6. The van der Waals surface area contributed by atoms with Gasteiger partial charge >= 0.3 is 0 Å². The number of carbonyl (C=O) groups is 1. The Hall–Kier alpha value is -0.840. The van der Waals surface area contributed by atoms with Crippen LogP contribution in [0, 0.1) is 0 Å². The summed E-state index contributed by atoms with van der Waals surface area (Å²) < 4.78 is 0. The van der Waals surface area contributed by atoms with Crippen LogP contribution in [0.25, 0.3) is 0 Å². The van der Waals surface area contributed by atoms with Gasteiger partial charge in [0.25, 0.3) is 0 Å². The zero-order chi connectivity index (χ0) is 12.3. The molecular weight excluding hydrogens is 285 g/mol. The summed E-state index contributed by atoms with van der Waals surface area (Å²) in [5, 5.41) is 2.90. The molecule has 1 aromatic heterocycles. The second-order valence-corrected chi connectivity index (χ2v) is 4.09. The van der Waals surface area contributed by atoms with Crippen LogP contribution in [0.4, 0.5) is 0 Å². The Bertz CT molecular complexity index is 323. The number of amides is 1. The lowest BCUT2D eigenvalue weighted by molar-refractivity contribution is -0.121. The zero-order valence-corrected chi connectivity index (χ0v) is 12.6. The molecule has 0 fully saturated rings. The molecule has 0 aliphatic rings. The van der Waals surface area contributed by atoms with Crippen LogP contribution in [0.1, 0.15) is 37.7 Å². The maximum atomic E-state index is 11.5. The molecule has 0 aliphatic heterocycles. The fourth-order valence-electron chi connectivity index (χ4n) is 1.57. The van der Waals surface area contributed by atoms with E-state index in [1.807, 2.05) is 12.1 Å². The van der Waals surface area contributed by atoms with Gasteiger partial charge in [-0.3, -0.25) is 9.78 Å². The fourth-order valence-corrected chi connectivity index (χ4v) is 1.57. The van der Waals surface area contributed by atoms with Crippen LogP contribution in [0.3, 0.4) is 0 Å². The third-order valence-electron chi connectivity index (χ3n) is 2.60. The standard InChI is InChI=1S/C13H21N3O.2ClH/c14-8-4-2-1-3-5-13(17)16-11-12-6-9-15-10-7-12;;/h6-7,9-10H,1-5,8,11,14H2,(H,16,17);2*1H. The number of pyridine rings is 1. The number of nitrogens with one attached hydrogen (secondary N) is 1. The minimum atomic E-state index is 0. The Labute approximate surface area is 127 Å². The summed E-state index contributed by atoms with van der Waals surface area (Å²) in [6, 6.07) is 3.81. The van der Waals surface area contributed by atoms with Crippen LogP contribution in [-0.2, 0) is 11.3 Å². The van der Waals surface area contributed by atoms with Gasteiger partial charge in [0.1, 0.15) is 0 Å². The van der Waals surface area contributed by atoms with Crippen molar-refractivity contribution in [3.8, 4) is 0 Å². The molecular formula is C13H23Cl2N3O. The van der Waals surface area contributed by atoms with Crippen molar-refractivity contribution < 1.29 is 4.79 Å². The molecule has 110 valence electrons. The van der Waals surface area contributed by atoms with Gasteiger partial charge in [0.15, 0.2) is 0 Å². The molecule has 0 radical (unpaired) electrons. The van der Waals surface area contributed by atoms with Gasteiger partial charge in [0, 0.05) is 25.4 Å². The molecule has 1 aromatic rings. The van der Waals surface area contributed by atoms with E-state index in [4.69, 9.17) is 5.73 Å². The average molecular weight is 308 g/mol. The highest BCUT2D eigenvalue weighted by Crippen LogP contribution is 2.02. The lowest BCUT2D eigenvalue weighted by Gasteiger charge is -2.04. The van der Waals surface area contributed by atoms with E-state index in [0.29, 0.717) is 13.0 Å². The number of unbranched alkanes of at least 4 members (excludes halogenated alkanes) is 3. The number of hydrogen-bond acceptors (Lipinski definition) is 3. The van der Waals surface area contributed by atoms with E-state index < -0.39 is 0 Å². The monoisotopic (exact) mass is 307 g/mol. The van der Waals surface area contributed by atoms with Crippen LogP contribution < -0.4 is 11.1 Å². The molecule has 0 aliphatic carbocycles. The van der Waals surface area contributed by atoms with Gasteiger partial charge in [-0.1, -0.05) is 12.8 Å². The molecule has 4 nitrogen and oxygen atoms in total. The second kappa shape index (κ2) is 13.6. The van der Waals surface area contributed by atoms with Crippen LogP contribution in [0.2, 0.25) is 0 Å². The molecule has 0 saturated carbocycles. The number of aromatic nitrogens is 1. The number of nitrogens with zero attached hydrogens (tertiary/aromatic N) is 1. The lowest BCUT2D eigenvalue weighted by Crippen LogP contribution is -2.22. The highest BCUT2D eigenvalue weighted by molar-refractivity contribution is 5.85. The first-order valence-corrected chi connectivity index (χ1v) is 6.18. The summed E-state index contributed by atoms with van der Waals surface area (Å²) in [6.07, 6.45) is 8.27. The minimum absolute atomic E-state index is 0. The third kappa shape index (κ3) is 10.7. The minimum Gasteiger partial charge on any atom is -0.352 e. The smallest absolute Gasteiger partial charge is 0.220 e. The number of halogens is 2. The largest absolute Gasteiger partial charge is 0.352 e. The van der Waals surface area contributed by atoms with E-state index in [0.717, 1.165) is 37.8 Å². The quantitative estimate of drug-likeness (QED) is 0.725. The molecule has 0 saturated heterocycles. The van der Waals surface area contributed by atoms with Gasteiger partial charge in [-0.2, -0.15) is 0 Å². The van der Waals surface area contributed by atoms with Gasteiger partial charge < -0.3 is 11.1 Å². The Morgan fingerprint density at radius 3 is 2.37 bits per heavy atom. The molecule has 1 rings (SSSR count). The number of rotatable bonds is 8. The normalized spacial score (nSPS) is 9.11. The molecule has 0 aromatic carbocycles. The summed E-state index contributed by atoms with van der Waals surface area (Å²) in [5.74, 6) is 0.120. The van der Waals surface area contributed by atoms with Crippen LogP contribution in [-0.4, -0.2) is 17.4 Å². The van der Waals surface area contributed by atoms with Crippen molar-refractivity contribution >= 4 is 30.7 Å². The van der Waals surface area contributed by atoms with Gasteiger partial charge in [0.2, 0.25) is 5.91 Å². The van der Waals surface area contributed by atoms with E-state index >= 15 is 0 Å². The molecule has 19 heavy (non-hydrogen) atoms. The van der Waals surface area contributed by atoms with E-state index in [1.165, 1.54) is 0 Å². The van der Waals surface area contributed by atoms with Crippen molar-refractivity contribution in [2.24, 2.45) is 5.73 Å². The summed E-state index contributed by atoms with van der Waals surface area (Å²) in [6.45, 7) is 1.33. The van der Waals surface area contributed by atoms with Crippen LogP contribution in [0.5, 0.6) is 0 Å². The highest BCUT2D eigenvalue weighted by atomic mass is 35.5. The Morgan fingerprint density at radius 2 is 1.74 bits per heavy atom. The van der Waals surface area contributed by atoms with Crippen molar-refractivity contribution in [2.45, 2.75) is 38.6 Å². The Balaban J connectivity index is 0. The summed E-state index contributed by atoms with van der Waals surface area (Å²) >= 11 is 0. The molecule has 3 N–H and O–H groups in total.